The lowest BCUT2D eigenvalue weighted by molar-refractivity contribution is -0.120. The monoisotopic (exact) mass is 548 g/mol. The Hall–Kier alpha value is -4.14. The number of aromatic nitrogens is 1. The molecule has 3 aromatic carbocycles. The van der Waals surface area contributed by atoms with Crippen molar-refractivity contribution in [3.8, 4) is 11.5 Å². The number of fused-ring (bicyclic) bond motifs is 3. The standard InChI is InChI=1S/C23H25ClN4O.C7H5FO2/c1-28-13-9-19-20-15-17(24)5-8-21(20)27-22(19)23(28)16-3-6-18(7-4-16)29-14-12-26-11-2-10-25;8-6-1-3-7(4-2-6)10-5-9/h2-8,10-11,15,23,27H,9,12-14,25H2,1H3;1-5H/b10-2-,26-11?;. The molecule has 1 aromatic heterocycles. The molecule has 39 heavy (non-hydrogen) atoms. The molecule has 2 heterocycles. The third kappa shape index (κ3) is 7.25. The van der Waals surface area contributed by atoms with Gasteiger partial charge in [-0.15, -0.1) is 0 Å². The summed E-state index contributed by atoms with van der Waals surface area (Å²) in [6.45, 7) is 2.43. The Bertz CT molecular complexity index is 1440. The molecule has 1 aliphatic rings. The van der Waals surface area contributed by atoms with Gasteiger partial charge in [-0.25, -0.2) is 4.39 Å². The number of benzene rings is 3. The number of H-pyrrole nitrogens is 1. The third-order valence-corrected chi connectivity index (χ3v) is 6.55. The molecule has 0 aliphatic carbocycles. The molecule has 9 heteroatoms. The zero-order valence-corrected chi connectivity index (χ0v) is 22.3. The van der Waals surface area contributed by atoms with Crippen molar-refractivity contribution in [2.24, 2.45) is 10.7 Å². The second-order valence-corrected chi connectivity index (χ2v) is 9.30. The summed E-state index contributed by atoms with van der Waals surface area (Å²) in [5.41, 5.74) is 10.3. The van der Waals surface area contributed by atoms with Crippen LogP contribution in [0.1, 0.15) is 22.9 Å². The third-order valence-electron chi connectivity index (χ3n) is 6.32. The summed E-state index contributed by atoms with van der Waals surface area (Å²) in [5.74, 6) is 0.843. The molecule has 0 saturated carbocycles. The summed E-state index contributed by atoms with van der Waals surface area (Å²) in [5, 5.41) is 2.01. The number of likely N-dealkylation sites (N-methyl/N-ethyl adjacent to an activating group) is 1. The van der Waals surface area contributed by atoms with Crippen LogP contribution in [0.3, 0.4) is 0 Å². The minimum absolute atomic E-state index is 0.187. The Morgan fingerprint density at radius 1 is 1.13 bits per heavy atom. The van der Waals surface area contributed by atoms with Crippen LogP contribution in [0.2, 0.25) is 5.02 Å². The minimum atomic E-state index is -0.349. The zero-order chi connectivity index (χ0) is 27.6. The van der Waals surface area contributed by atoms with Crippen LogP contribution in [0.4, 0.5) is 4.39 Å². The smallest absolute Gasteiger partial charge is 0.298 e. The minimum Gasteiger partial charge on any atom is -0.492 e. The quantitative estimate of drug-likeness (QED) is 0.168. The van der Waals surface area contributed by atoms with Gasteiger partial charge in [0.05, 0.1) is 12.6 Å². The van der Waals surface area contributed by atoms with Crippen LogP contribution in [-0.4, -0.2) is 49.3 Å². The SMILES string of the molecule is CN1CCc2c([nH]c3ccc(Cl)cc23)C1c1ccc(OCCN=C/C=C\N)cc1.O=COc1ccc(F)cc1. The van der Waals surface area contributed by atoms with Crippen LogP contribution in [0, 0.1) is 5.82 Å². The first-order valence-corrected chi connectivity index (χ1v) is 12.8. The highest BCUT2D eigenvalue weighted by molar-refractivity contribution is 6.31. The second-order valence-electron chi connectivity index (χ2n) is 8.87. The van der Waals surface area contributed by atoms with Crippen LogP contribution in [0.15, 0.2) is 84.0 Å². The molecule has 1 atom stereocenters. The Kier molecular flexibility index (Phi) is 9.72. The predicted octanol–water partition coefficient (Wildman–Crippen LogP) is 5.68. The Morgan fingerprint density at radius 3 is 2.59 bits per heavy atom. The largest absolute Gasteiger partial charge is 0.492 e. The van der Waals surface area contributed by atoms with Gasteiger partial charge in [0.2, 0.25) is 0 Å². The molecule has 7 nitrogen and oxygen atoms in total. The maximum atomic E-state index is 12.2. The lowest BCUT2D eigenvalue weighted by atomic mass is 9.93. The van der Waals surface area contributed by atoms with Gasteiger partial charge in [-0.3, -0.25) is 14.7 Å². The van der Waals surface area contributed by atoms with Gasteiger partial charge < -0.3 is 20.2 Å². The van der Waals surface area contributed by atoms with Gasteiger partial charge in [0.1, 0.15) is 23.9 Å². The first-order chi connectivity index (χ1) is 19.0. The molecule has 0 amide bonds. The summed E-state index contributed by atoms with van der Waals surface area (Å²) in [6.07, 6.45) is 5.85. The van der Waals surface area contributed by atoms with Crippen molar-refractivity contribution in [2.75, 3.05) is 26.7 Å². The number of carbonyl (C=O) groups excluding carboxylic acids is 1. The number of aliphatic imine (C=N–C) groups is 1. The molecule has 0 radical (unpaired) electrons. The molecular formula is C30H30ClFN4O3. The molecule has 1 unspecified atom stereocenters. The number of allylic oxidation sites excluding steroid dienone is 1. The summed E-state index contributed by atoms with van der Waals surface area (Å²) < 4.78 is 22.4. The van der Waals surface area contributed by atoms with Gasteiger partial charge >= 0.3 is 0 Å². The van der Waals surface area contributed by atoms with E-state index in [2.05, 4.69) is 50.9 Å². The number of nitrogens with zero attached hydrogens (tertiary/aromatic N) is 2. The van der Waals surface area contributed by atoms with Crippen molar-refractivity contribution in [1.82, 2.24) is 9.88 Å². The molecular weight excluding hydrogens is 519 g/mol. The number of hydrogen-bond acceptors (Lipinski definition) is 6. The van der Waals surface area contributed by atoms with Crippen molar-refractivity contribution >= 4 is 35.2 Å². The number of nitrogens with two attached hydrogens (primary N) is 1. The maximum Gasteiger partial charge on any atom is 0.298 e. The van der Waals surface area contributed by atoms with Crippen molar-refractivity contribution in [2.45, 2.75) is 12.5 Å². The van der Waals surface area contributed by atoms with Crippen LogP contribution in [-0.2, 0) is 11.2 Å². The molecule has 1 aliphatic heterocycles. The first kappa shape index (κ1) is 27.9. The van der Waals surface area contributed by atoms with Gasteiger partial charge in [-0.2, -0.15) is 0 Å². The van der Waals surface area contributed by atoms with E-state index in [1.54, 1.807) is 12.3 Å². The van der Waals surface area contributed by atoms with E-state index in [0.717, 1.165) is 29.3 Å². The number of hydrogen-bond donors (Lipinski definition) is 2. The van der Waals surface area contributed by atoms with E-state index < -0.39 is 0 Å². The van der Waals surface area contributed by atoms with E-state index in [4.69, 9.17) is 22.1 Å². The Morgan fingerprint density at radius 2 is 1.87 bits per heavy atom. The molecule has 0 fully saturated rings. The average molecular weight is 549 g/mol. The van der Waals surface area contributed by atoms with Crippen LogP contribution >= 0.6 is 11.6 Å². The van der Waals surface area contributed by atoms with E-state index >= 15 is 0 Å². The fourth-order valence-corrected chi connectivity index (χ4v) is 4.69. The normalized spacial score (nSPS) is 15.2. The summed E-state index contributed by atoms with van der Waals surface area (Å²) in [7, 11) is 2.17. The molecule has 0 spiro atoms. The fraction of sp³-hybridized carbons (Fsp3) is 0.200. The molecule has 5 rings (SSSR count). The molecule has 3 N–H and O–H groups in total. The number of nitrogens with one attached hydrogen (secondary N) is 1. The molecule has 202 valence electrons. The highest BCUT2D eigenvalue weighted by Crippen LogP contribution is 2.38. The number of ether oxygens (including phenoxy) is 2. The molecule has 0 saturated heterocycles. The van der Waals surface area contributed by atoms with Crippen molar-refractivity contribution in [1.29, 1.82) is 0 Å². The Labute approximate surface area is 231 Å². The summed E-state index contributed by atoms with van der Waals surface area (Å²) in [6, 6.07) is 19.8. The van der Waals surface area contributed by atoms with Gasteiger partial charge in [0.25, 0.3) is 6.47 Å². The average Bonchev–Trinajstić information content (AvgIpc) is 3.30. The van der Waals surface area contributed by atoms with Crippen LogP contribution in [0.25, 0.3) is 10.9 Å². The highest BCUT2D eigenvalue weighted by atomic mass is 35.5. The lowest BCUT2D eigenvalue weighted by Crippen LogP contribution is -2.32. The number of rotatable bonds is 8. The van der Waals surface area contributed by atoms with Crippen molar-refractivity contribution in [3.05, 3.63) is 107 Å². The summed E-state index contributed by atoms with van der Waals surface area (Å²) in [4.78, 5) is 20.0. The first-order valence-electron chi connectivity index (χ1n) is 12.5. The predicted molar refractivity (Wildman–Crippen MR) is 153 cm³/mol. The zero-order valence-electron chi connectivity index (χ0n) is 21.5. The number of aromatic amines is 1. The number of halogens is 2. The molecule has 4 aromatic rings. The van der Waals surface area contributed by atoms with Gasteiger partial charge in [0.15, 0.2) is 0 Å². The molecule has 0 bridgehead atoms. The van der Waals surface area contributed by atoms with E-state index in [9.17, 15) is 9.18 Å². The van der Waals surface area contributed by atoms with Crippen molar-refractivity contribution in [3.63, 3.8) is 0 Å². The fourth-order valence-electron chi connectivity index (χ4n) is 4.52. The highest BCUT2D eigenvalue weighted by Gasteiger charge is 2.29. The topological polar surface area (TPSA) is 92.9 Å². The van der Waals surface area contributed by atoms with E-state index in [-0.39, 0.29) is 11.9 Å². The van der Waals surface area contributed by atoms with Crippen molar-refractivity contribution < 1.29 is 18.7 Å². The van der Waals surface area contributed by atoms with E-state index in [1.807, 2.05) is 18.2 Å². The van der Waals surface area contributed by atoms with E-state index in [0.29, 0.717) is 25.4 Å². The van der Waals surface area contributed by atoms with Crippen LogP contribution < -0.4 is 15.2 Å². The van der Waals surface area contributed by atoms with Crippen LogP contribution in [0.5, 0.6) is 11.5 Å². The summed E-state index contributed by atoms with van der Waals surface area (Å²) >= 11 is 6.24. The van der Waals surface area contributed by atoms with Gasteiger partial charge in [-0.05, 0) is 91.5 Å². The Balaban J connectivity index is 0.000000298. The maximum absolute atomic E-state index is 12.2. The van der Waals surface area contributed by atoms with E-state index in [1.165, 1.54) is 52.7 Å². The lowest BCUT2D eigenvalue weighted by Gasteiger charge is -2.33. The number of carbonyl (C=O) groups is 1. The second kappa shape index (κ2) is 13.6. The van der Waals surface area contributed by atoms with Gasteiger partial charge in [-0.1, -0.05) is 23.7 Å². The van der Waals surface area contributed by atoms with Gasteiger partial charge in [0, 0.05) is 34.4 Å².